The number of hydrogen-bond acceptors (Lipinski definition) is 3. The Morgan fingerprint density at radius 2 is 1.77 bits per heavy atom. The van der Waals surface area contributed by atoms with Crippen LogP contribution in [0.15, 0.2) is 77.7 Å². The molecule has 30 heavy (non-hydrogen) atoms. The van der Waals surface area contributed by atoms with Gasteiger partial charge in [-0.2, -0.15) is 0 Å². The van der Waals surface area contributed by atoms with E-state index in [-0.39, 0.29) is 11.9 Å². The van der Waals surface area contributed by atoms with Gasteiger partial charge in [0, 0.05) is 11.8 Å². The number of quaternary nitrogens is 2. The molecule has 0 unspecified atom stereocenters. The van der Waals surface area contributed by atoms with Gasteiger partial charge in [-0.05, 0) is 25.1 Å². The summed E-state index contributed by atoms with van der Waals surface area (Å²) >= 11 is 0. The molecule has 0 spiro atoms. The average Bonchev–Trinajstić information content (AvgIpc) is 3.32. The molecule has 3 aromatic rings. The van der Waals surface area contributed by atoms with Crippen LogP contribution in [0.2, 0.25) is 0 Å². The predicted molar refractivity (Wildman–Crippen MR) is 116 cm³/mol. The van der Waals surface area contributed by atoms with Crippen molar-refractivity contribution < 1.29 is 19.0 Å². The molecule has 0 bridgehead atoms. The second-order valence-corrected chi connectivity index (χ2v) is 8.09. The highest BCUT2D eigenvalue weighted by Crippen LogP contribution is 2.17. The number of aromatic nitrogens is 1. The number of carbonyl (C=O) groups excluding carboxylic acids is 1. The van der Waals surface area contributed by atoms with Crippen LogP contribution in [0.3, 0.4) is 0 Å². The van der Waals surface area contributed by atoms with E-state index in [1.165, 1.54) is 18.1 Å². The van der Waals surface area contributed by atoms with Crippen LogP contribution in [0, 0.1) is 0 Å². The second-order valence-electron chi connectivity index (χ2n) is 8.09. The van der Waals surface area contributed by atoms with Gasteiger partial charge in [-0.3, -0.25) is 9.69 Å². The highest BCUT2D eigenvalue weighted by molar-refractivity contribution is 6.05. The number of anilines is 1. The van der Waals surface area contributed by atoms with E-state index < -0.39 is 0 Å². The molecule has 0 aliphatic carbocycles. The van der Waals surface area contributed by atoms with Crippen molar-refractivity contribution in [3.8, 4) is 0 Å². The average molecular weight is 407 g/mol. The Bertz CT molecular complexity index is 907. The fourth-order valence-electron chi connectivity index (χ4n) is 4.28. The van der Waals surface area contributed by atoms with Crippen LogP contribution >= 0.6 is 0 Å². The number of benzene rings is 1. The van der Waals surface area contributed by atoms with Gasteiger partial charge in [-0.1, -0.05) is 36.4 Å². The minimum absolute atomic E-state index is 0.0352. The summed E-state index contributed by atoms with van der Waals surface area (Å²) in [5, 5.41) is 0. The lowest BCUT2D eigenvalue weighted by Gasteiger charge is -2.34. The van der Waals surface area contributed by atoms with Gasteiger partial charge in [-0.15, -0.1) is 0 Å². The lowest BCUT2D eigenvalue weighted by Crippen LogP contribution is -3.28. The second kappa shape index (κ2) is 9.69. The quantitative estimate of drug-likeness (QED) is 0.607. The Hall–Kier alpha value is -2.96. The molecule has 2 aromatic heterocycles. The van der Waals surface area contributed by atoms with E-state index in [9.17, 15) is 4.79 Å². The van der Waals surface area contributed by atoms with E-state index in [1.807, 2.05) is 18.2 Å². The summed E-state index contributed by atoms with van der Waals surface area (Å²) in [5.74, 6) is 0.617. The van der Waals surface area contributed by atoms with Gasteiger partial charge >= 0.3 is 0 Å². The van der Waals surface area contributed by atoms with E-state index in [4.69, 9.17) is 4.42 Å². The Labute approximate surface area is 177 Å². The van der Waals surface area contributed by atoms with Crippen LogP contribution < -0.4 is 14.7 Å². The molecule has 0 radical (unpaired) electrons. The van der Waals surface area contributed by atoms with E-state index in [0.29, 0.717) is 11.4 Å². The highest BCUT2D eigenvalue weighted by Gasteiger charge is 2.30. The molecule has 1 saturated heterocycles. The van der Waals surface area contributed by atoms with Gasteiger partial charge in [-0.25, -0.2) is 4.98 Å². The molecule has 1 fully saturated rings. The Balaban J connectivity index is 1.38. The molecular formula is C24H30N4O2+2. The third-order valence-electron chi connectivity index (χ3n) is 5.87. The highest BCUT2D eigenvalue weighted by atomic mass is 16.3. The zero-order valence-electron chi connectivity index (χ0n) is 17.5. The van der Waals surface area contributed by atoms with Crippen molar-refractivity contribution in [1.82, 2.24) is 4.98 Å². The van der Waals surface area contributed by atoms with Gasteiger partial charge in [0.1, 0.15) is 44.8 Å². The van der Waals surface area contributed by atoms with Gasteiger partial charge in [0.25, 0.3) is 5.91 Å². The molecule has 2 N–H and O–H groups in total. The zero-order chi connectivity index (χ0) is 20.8. The topological polar surface area (TPSA) is 55.2 Å². The van der Waals surface area contributed by atoms with Crippen LogP contribution in [0.4, 0.5) is 5.82 Å². The maximum Gasteiger partial charge on any atom is 0.263 e. The number of nitrogens with zero attached hydrogens (tertiary/aromatic N) is 2. The Kier molecular flexibility index (Phi) is 6.57. The van der Waals surface area contributed by atoms with E-state index in [1.54, 1.807) is 27.0 Å². The molecular weight excluding hydrogens is 376 g/mol. The molecule has 1 atom stereocenters. The molecule has 1 aromatic carbocycles. The van der Waals surface area contributed by atoms with Crippen LogP contribution in [0.25, 0.3) is 0 Å². The fourth-order valence-corrected chi connectivity index (χ4v) is 4.28. The molecule has 1 aliphatic rings. The summed E-state index contributed by atoms with van der Waals surface area (Å²) in [7, 11) is 0. The Morgan fingerprint density at radius 3 is 2.43 bits per heavy atom. The largest absolute Gasteiger partial charge is 0.472 e. The first kappa shape index (κ1) is 20.3. The molecule has 0 saturated carbocycles. The first-order chi connectivity index (χ1) is 14.7. The third-order valence-corrected chi connectivity index (χ3v) is 5.87. The van der Waals surface area contributed by atoms with E-state index >= 15 is 0 Å². The van der Waals surface area contributed by atoms with Crippen molar-refractivity contribution >= 4 is 11.7 Å². The number of furan rings is 1. The maximum atomic E-state index is 13.2. The Morgan fingerprint density at radius 1 is 1.03 bits per heavy atom. The molecule has 3 heterocycles. The zero-order valence-corrected chi connectivity index (χ0v) is 17.5. The minimum atomic E-state index is -0.0670. The summed E-state index contributed by atoms with van der Waals surface area (Å²) in [6, 6.07) is 18.1. The first-order valence-electron chi connectivity index (χ1n) is 10.7. The van der Waals surface area contributed by atoms with Gasteiger partial charge in [0.2, 0.25) is 0 Å². The number of pyridine rings is 1. The first-order valence-corrected chi connectivity index (χ1v) is 10.7. The summed E-state index contributed by atoms with van der Waals surface area (Å²) in [5.41, 5.74) is 1.95. The SMILES string of the molecule is C[C@@H](C[NH+]1CC[NH+](Cc2ccccc2)CC1)N(C(=O)c1ccoc1)c1ccccn1. The molecule has 156 valence electrons. The summed E-state index contributed by atoms with van der Waals surface area (Å²) in [6.45, 7) is 8.63. The summed E-state index contributed by atoms with van der Waals surface area (Å²) in [4.78, 5) is 22.6. The lowest BCUT2D eigenvalue weighted by atomic mass is 10.1. The lowest BCUT2D eigenvalue weighted by molar-refractivity contribution is -1.02. The van der Waals surface area contributed by atoms with E-state index in [2.05, 4.69) is 42.2 Å². The van der Waals surface area contributed by atoms with Crippen LogP contribution in [-0.4, -0.2) is 49.7 Å². The summed E-state index contributed by atoms with van der Waals surface area (Å²) in [6.07, 6.45) is 4.77. The smallest absolute Gasteiger partial charge is 0.263 e. The number of hydrogen-bond donors (Lipinski definition) is 2. The van der Waals surface area contributed by atoms with Gasteiger partial charge < -0.3 is 14.2 Å². The standard InChI is InChI=1S/C24H28N4O2/c1-20(17-26-12-14-27(15-13-26)18-21-7-3-2-4-8-21)28(23-9-5-6-11-25-23)24(29)22-10-16-30-19-22/h2-11,16,19-20H,12-15,17-18H2,1H3/p+2/t20-/m0/s1. The van der Waals surface area contributed by atoms with Crippen LogP contribution in [0.5, 0.6) is 0 Å². The van der Waals surface area contributed by atoms with Gasteiger partial charge in [0.15, 0.2) is 0 Å². The third kappa shape index (κ3) is 4.96. The molecule has 1 amide bonds. The van der Waals surface area contributed by atoms with Crippen molar-refractivity contribution in [3.05, 3.63) is 84.4 Å². The van der Waals surface area contributed by atoms with Crippen molar-refractivity contribution in [2.45, 2.75) is 19.5 Å². The number of piperazine rings is 1. The normalized spacial score (nSPS) is 19.9. The van der Waals surface area contributed by atoms with Crippen molar-refractivity contribution in [1.29, 1.82) is 0 Å². The van der Waals surface area contributed by atoms with E-state index in [0.717, 1.165) is 39.3 Å². The number of rotatable bonds is 7. The monoisotopic (exact) mass is 406 g/mol. The van der Waals surface area contributed by atoms with Crippen molar-refractivity contribution in [3.63, 3.8) is 0 Å². The number of carbonyl (C=O) groups is 1. The van der Waals surface area contributed by atoms with Crippen LogP contribution in [-0.2, 0) is 6.54 Å². The molecule has 1 aliphatic heterocycles. The fraction of sp³-hybridized carbons (Fsp3) is 0.333. The van der Waals surface area contributed by atoms with Crippen molar-refractivity contribution in [2.24, 2.45) is 0 Å². The van der Waals surface area contributed by atoms with Crippen molar-refractivity contribution in [2.75, 3.05) is 37.6 Å². The summed E-state index contributed by atoms with van der Waals surface area (Å²) < 4.78 is 5.14. The molecule has 6 heteroatoms. The minimum Gasteiger partial charge on any atom is -0.472 e. The molecule has 4 rings (SSSR count). The molecule has 6 nitrogen and oxygen atoms in total. The maximum absolute atomic E-state index is 13.2. The number of amides is 1. The number of nitrogens with one attached hydrogen (secondary N) is 2. The predicted octanol–water partition coefficient (Wildman–Crippen LogP) is 0.694. The van der Waals surface area contributed by atoms with Crippen LogP contribution in [0.1, 0.15) is 22.8 Å². The van der Waals surface area contributed by atoms with Gasteiger partial charge in [0.05, 0.1) is 24.4 Å².